The Morgan fingerprint density at radius 3 is 2.44 bits per heavy atom. The molecule has 2 N–H and O–H groups in total. The van der Waals surface area contributed by atoms with Gasteiger partial charge in [-0.3, -0.25) is 4.99 Å². The maximum atomic E-state index is 6.06. The van der Waals surface area contributed by atoms with Crippen LogP contribution >= 0.6 is 0 Å². The second kappa shape index (κ2) is 4.64. The molecule has 0 aromatic heterocycles. The largest absolute Gasteiger partial charge is 0.370 e. The van der Waals surface area contributed by atoms with Crippen molar-refractivity contribution in [2.45, 2.75) is 57.9 Å². The van der Waals surface area contributed by atoms with E-state index in [-0.39, 0.29) is 5.54 Å². The predicted octanol–water partition coefficient (Wildman–Crippen LogP) is 2.37. The highest BCUT2D eigenvalue weighted by Crippen LogP contribution is 2.36. The van der Waals surface area contributed by atoms with Crippen molar-refractivity contribution in [3.63, 3.8) is 0 Å². The first-order valence-electron chi connectivity index (χ1n) is 6.72. The molecular formula is C13H25N3. The van der Waals surface area contributed by atoms with Crippen LogP contribution in [0.1, 0.15) is 52.4 Å². The molecule has 1 spiro atoms. The molecule has 1 aliphatic heterocycles. The first-order chi connectivity index (χ1) is 7.64. The monoisotopic (exact) mass is 223 g/mol. The Balaban J connectivity index is 2.12. The third-order valence-electron chi connectivity index (χ3n) is 3.97. The maximum Gasteiger partial charge on any atom is 0.191 e. The fraction of sp³-hybridized carbons (Fsp3) is 0.923. The minimum atomic E-state index is 0.283. The molecule has 1 saturated carbocycles. The van der Waals surface area contributed by atoms with Crippen molar-refractivity contribution in [3.05, 3.63) is 0 Å². The van der Waals surface area contributed by atoms with Crippen LogP contribution in [0, 0.1) is 5.92 Å². The molecule has 0 aromatic rings. The lowest BCUT2D eigenvalue weighted by atomic mass is 9.88. The number of nitrogens with two attached hydrogens (primary N) is 1. The van der Waals surface area contributed by atoms with Crippen molar-refractivity contribution < 1.29 is 0 Å². The topological polar surface area (TPSA) is 41.6 Å². The molecule has 0 bridgehead atoms. The normalized spacial score (nSPS) is 24.9. The molecule has 1 heterocycles. The maximum absolute atomic E-state index is 6.06. The highest BCUT2D eigenvalue weighted by atomic mass is 15.4. The Morgan fingerprint density at radius 2 is 1.88 bits per heavy atom. The Hall–Kier alpha value is -0.730. The molecule has 0 saturated heterocycles. The van der Waals surface area contributed by atoms with Crippen molar-refractivity contribution in [2.75, 3.05) is 13.1 Å². The summed E-state index contributed by atoms with van der Waals surface area (Å²) in [5.74, 6) is 1.45. The minimum absolute atomic E-state index is 0.283. The van der Waals surface area contributed by atoms with Crippen molar-refractivity contribution in [1.29, 1.82) is 0 Å². The van der Waals surface area contributed by atoms with Crippen molar-refractivity contribution >= 4 is 5.96 Å². The van der Waals surface area contributed by atoms with Gasteiger partial charge in [0.15, 0.2) is 5.96 Å². The number of guanidine groups is 1. The summed E-state index contributed by atoms with van der Waals surface area (Å²) in [7, 11) is 0. The van der Waals surface area contributed by atoms with E-state index < -0.39 is 0 Å². The summed E-state index contributed by atoms with van der Waals surface area (Å²) >= 11 is 0. The van der Waals surface area contributed by atoms with Gasteiger partial charge in [-0.15, -0.1) is 0 Å². The number of hydrogen-bond acceptors (Lipinski definition) is 3. The van der Waals surface area contributed by atoms with Gasteiger partial charge in [-0.1, -0.05) is 39.5 Å². The summed E-state index contributed by atoms with van der Waals surface area (Å²) in [6.07, 6.45) is 8.02. The van der Waals surface area contributed by atoms with Gasteiger partial charge < -0.3 is 10.6 Å². The molecule has 2 rings (SSSR count). The van der Waals surface area contributed by atoms with Crippen molar-refractivity contribution in [1.82, 2.24) is 4.90 Å². The Kier molecular flexibility index (Phi) is 3.41. The van der Waals surface area contributed by atoms with Gasteiger partial charge in [0.05, 0.1) is 12.1 Å². The molecule has 1 aliphatic carbocycles. The molecule has 1 fully saturated rings. The van der Waals surface area contributed by atoms with Gasteiger partial charge in [-0.05, 0) is 18.8 Å². The Bertz CT molecular complexity index is 262. The van der Waals surface area contributed by atoms with E-state index in [0.717, 1.165) is 19.0 Å². The van der Waals surface area contributed by atoms with Crippen LogP contribution in [0.15, 0.2) is 4.99 Å². The molecular weight excluding hydrogens is 198 g/mol. The molecule has 0 atom stereocenters. The van der Waals surface area contributed by atoms with Gasteiger partial charge in [0.1, 0.15) is 0 Å². The van der Waals surface area contributed by atoms with Gasteiger partial charge in [-0.2, -0.15) is 0 Å². The number of rotatable bonds is 2. The highest BCUT2D eigenvalue weighted by Gasteiger charge is 2.41. The predicted molar refractivity (Wildman–Crippen MR) is 68.5 cm³/mol. The lowest BCUT2D eigenvalue weighted by Gasteiger charge is -2.40. The van der Waals surface area contributed by atoms with E-state index in [9.17, 15) is 0 Å². The van der Waals surface area contributed by atoms with Crippen LogP contribution in [0.25, 0.3) is 0 Å². The lowest BCUT2D eigenvalue weighted by Crippen LogP contribution is -2.52. The zero-order chi connectivity index (χ0) is 11.6. The van der Waals surface area contributed by atoms with Gasteiger partial charge in [0, 0.05) is 6.54 Å². The Morgan fingerprint density at radius 1 is 1.25 bits per heavy atom. The average molecular weight is 223 g/mol. The van der Waals surface area contributed by atoms with Gasteiger partial charge >= 0.3 is 0 Å². The number of nitrogens with zero attached hydrogens (tertiary/aromatic N) is 2. The van der Waals surface area contributed by atoms with E-state index in [0.29, 0.717) is 5.92 Å². The Labute approximate surface area is 99.1 Å². The van der Waals surface area contributed by atoms with Crippen LogP contribution in [-0.2, 0) is 0 Å². The first kappa shape index (κ1) is 11.7. The van der Waals surface area contributed by atoms with E-state index in [1.54, 1.807) is 0 Å². The zero-order valence-corrected chi connectivity index (χ0v) is 10.7. The quantitative estimate of drug-likeness (QED) is 0.781. The molecule has 0 radical (unpaired) electrons. The van der Waals surface area contributed by atoms with Crippen LogP contribution in [0.2, 0.25) is 0 Å². The number of hydrogen-bond donors (Lipinski definition) is 1. The minimum Gasteiger partial charge on any atom is -0.370 e. The van der Waals surface area contributed by atoms with E-state index in [1.807, 2.05) is 0 Å². The van der Waals surface area contributed by atoms with Gasteiger partial charge in [0.2, 0.25) is 0 Å². The highest BCUT2D eigenvalue weighted by molar-refractivity contribution is 5.81. The number of aliphatic imine (C=N–C) groups is 1. The third kappa shape index (κ3) is 2.18. The average Bonchev–Trinajstić information content (AvgIpc) is 2.44. The fourth-order valence-electron chi connectivity index (χ4n) is 3.11. The lowest BCUT2D eigenvalue weighted by molar-refractivity contribution is 0.160. The smallest absolute Gasteiger partial charge is 0.191 e. The second-order valence-electron chi connectivity index (χ2n) is 5.82. The summed E-state index contributed by atoms with van der Waals surface area (Å²) in [6.45, 7) is 6.52. The van der Waals surface area contributed by atoms with Crippen LogP contribution in [-0.4, -0.2) is 29.5 Å². The van der Waals surface area contributed by atoms with E-state index in [1.165, 1.54) is 38.5 Å². The fourth-order valence-corrected chi connectivity index (χ4v) is 3.11. The molecule has 0 amide bonds. The van der Waals surface area contributed by atoms with Crippen molar-refractivity contribution in [2.24, 2.45) is 16.6 Å². The molecule has 2 aliphatic rings. The molecule has 0 unspecified atom stereocenters. The standard InChI is InChI=1S/C13H25N3/c1-11(2)9-16-12(14)15-10-13(16)7-5-3-4-6-8-13/h11H,3-10H2,1-2H3,(H2,14,15). The van der Waals surface area contributed by atoms with E-state index in [2.05, 4.69) is 23.7 Å². The van der Waals surface area contributed by atoms with Gasteiger partial charge in [0.25, 0.3) is 0 Å². The van der Waals surface area contributed by atoms with E-state index in [4.69, 9.17) is 5.73 Å². The summed E-state index contributed by atoms with van der Waals surface area (Å²) in [6, 6.07) is 0. The third-order valence-corrected chi connectivity index (χ3v) is 3.97. The summed E-state index contributed by atoms with van der Waals surface area (Å²) in [4.78, 5) is 6.92. The molecule has 16 heavy (non-hydrogen) atoms. The SMILES string of the molecule is CC(C)CN1C(N)=NCC12CCCCCC2. The zero-order valence-electron chi connectivity index (χ0n) is 10.7. The molecule has 3 heteroatoms. The van der Waals surface area contributed by atoms with Crippen LogP contribution in [0.5, 0.6) is 0 Å². The summed E-state index contributed by atoms with van der Waals surface area (Å²) < 4.78 is 0. The summed E-state index contributed by atoms with van der Waals surface area (Å²) in [5, 5.41) is 0. The van der Waals surface area contributed by atoms with Crippen LogP contribution < -0.4 is 5.73 Å². The molecule has 0 aromatic carbocycles. The first-order valence-corrected chi connectivity index (χ1v) is 6.72. The molecule has 92 valence electrons. The van der Waals surface area contributed by atoms with Crippen LogP contribution in [0.4, 0.5) is 0 Å². The van der Waals surface area contributed by atoms with Crippen molar-refractivity contribution in [3.8, 4) is 0 Å². The van der Waals surface area contributed by atoms with E-state index >= 15 is 0 Å². The van der Waals surface area contributed by atoms with Crippen LogP contribution in [0.3, 0.4) is 0 Å². The second-order valence-corrected chi connectivity index (χ2v) is 5.82. The molecule has 3 nitrogen and oxygen atoms in total. The van der Waals surface area contributed by atoms with Gasteiger partial charge in [-0.25, -0.2) is 0 Å². The summed E-state index contributed by atoms with van der Waals surface area (Å²) in [5.41, 5.74) is 6.34.